The van der Waals surface area contributed by atoms with Gasteiger partial charge in [-0.05, 0) is 66.9 Å². The first-order valence-electron chi connectivity index (χ1n) is 11.9. The summed E-state index contributed by atoms with van der Waals surface area (Å²) in [5, 5.41) is 4.00. The monoisotopic (exact) mass is 521 g/mol. The lowest BCUT2D eigenvalue weighted by atomic mass is 10.1. The molecule has 0 aliphatic carbocycles. The lowest BCUT2D eigenvalue weighted by Crippen LogP contribution is -2.39. The molecular weight excluding hydrogens is 490 g/mol. The van der Waals surface area contributed by atoms with Crippen LogP contribution in [-0.4, -0.2) is 40.3 Å². The summed E-state index contributed by atoms with van der Waals surface area (Å²) in [5.41, 5.74) is 4.53. The minimum absolute atomic E-state index is 0.0908. The zero-order valence-corrected chi connectivity index (χ0v) is 21.8. The van der Waals surface area contributed by atoms with Gasteiger partial charge in [-0.3, -0.25) is 9.10 Å². The van der Waals surface area contributed by atoms with E-state index in [1.165, 1.54) is 18.3 Å². The van der Waals surface area contributed by atoms with E-state index >= 15 is 0 Å². The van der Waals surface area contributed by atoms with E-state index in [1.54, 1.807) is 54.6 Å². The summed E-state index contributed by atoms with van der Waals surface area (Å²) in [7, 11) is -3.99. The molecule has 1 amide bonds. The number of ether oxygens (including phenoxy) is 2. The van der Waals surface area contributed by atoms with Gasteiger partial charge in [0.1, 0.15) is 13.2 Å². The molecule has 3 rings (SSSR count). The van der Waals surface area contributed by atoms with Crippen LogP contribution in [0.5, 0.6) is 11.5 Å². The maximum atomic E-state index is 13.4. The average Bonchev–Trinajstić information content (AvgIpc) is 2.92. The normalized spacial score (nSPS) is 11.2. The number of hydrazone groups is 1. The molecule has 0 saturated carbocycles. The fourth-order valence-corrected chi connectivity index (χ4v) is 4.86. The van der Waals surface area contributed by atoms with E-state index in [0.717, 1.165) is 16.3 Å². The molecule has 8 nitrogen and oxygen atoms in total. The Kier molecular flexibility index (Phi) is 9.85. The van der Waals surface area contributed by atoms with Crippen LogP contribution in [0.15, 0.2) is 95.4 Å². The van der Waals surface area contributed by atoms with Gasteiger partial charge >= 0.3 is 0 Å². The smallest absolute Gasteiger partial charge is 0.264 e. The van der Waals surface area contributed by atoms with Crippen molar-refractivity contribution in [2.75, 3.05) is 24.1 Å². The highest BCUT2D eigenvalue weighted by Crippen LogP contribution is 2.28. The van der Waals surface area contributed by atoms with Crippen LogP contribution < -0.4 is 19.2 Å². The highest BCUT2D eigenvalue weighted by Gasteiger charge is 2.27. The Morgan fingerprint density at radius 2 is 1.73 bits per heavy atom. The zero-order chi connectivity index (χ0) is 26.7. The molecule has 0 spiro atoms. The first kappa shape index (κ1) is 27.5. The Morgan fingerprint density at radius 3 is 2.38 bits per heavy atom. The third-order valence-corrected chi connectivity index (χ3v) is 7.07. The summed E-state index contributed by atoms with van der Waals surface area (Å²) in [6.07, 6.45) is 3.90. The number of hydrogen-bond acceptors (Lipinski definition) is 6. The standard InChI is InChI=1S/C28H31N3O5S/c1-4-18-36-26-17-14-23(19-27(26)35-6-3)20-29-30-28(32)21-31(24-15-12-22(5-2)13-16-24)37(33,34)25-10-8-7-9-11-25/h4,7-17,19-20H,1,5-6,18,21H2,2-3H3,(H,30,32)/b29-20-. The molecule has 0 fully saturated rings. The molecule has 0 aromatic heterocycles. The summed E-state index contributed by atoms with van der Waals surface area (Å²) in [6, 6.07) is 20.3. The maximum Gasteiger partial charge on any atom is 0.264 e. The number of amides is 1. The molecule has 0 radical (unpaired) electrons. The largest absolute Gasteiger partial charge is 0.490 e. The quantitative estimate of drug-likeness (QED) is 0.202. The van der Waals surface area contributed by atoms with Crippen LogP contribution in [0.3, 0.4) is 0 Å². The van der Waals surface area contributed by atoms with Gasteiger partial charge in [0.25, 0.3) is 15.9 Å². The van der Waals surface area contributed by atoms with Crippen molar-refractivity contribution in [3.63, 3.8) is 0 Å². The van der Waals surface area contributed by atoms with Crippen molar-refractivity contribution in [3.05, 3.63) is 96.6 Å². The van der Waals surface area contributed by atoms with E-state index in [4.69, 9.17) is 9.47 Å². The first-order chi connectivity index (χ1) is 17.9. The fourth-order valence-electron chi connectivity index (χ4n) is 3.42. The van der Waals surface area contributed by atoms with Crippen LogP contribution in [0.25, 0.3) is 0 Å². The number of carbonyl (C=O) groups excluding carboxylic acids is 1. The first-order valence-corrected chi connectivity index (χ1v) is 13.3. The Labute approximate surface area is 218 Å². The molecule has 1 N–H and O–H groups in total. The second kappa shape index (κ2) is 13.3. The topological polar surface area (TPSA) is 97.3 Å². The third-order valence-electron chi connectivity index (χ3n) is 5.28. The van der Waals surface area contributed by atoms with Crippen LogP contribution in [-0.2, 0) is 21.2 Å². The number of hydrogen-bond donors (Lipinski definition) is 1. The lowest BCUT2D eigenvalue weighted by molar-refractivity contribution is -0.119. The van der Waals surface area contributed by atoms with Gasteiger partial charge in [-0.25, -0.2) is 13.8 Å². The minimum Gasteiger partial charge on any atom is -0.490 e. The van der Waals surface area contributed by atoms with Crippen molar-refractivity contribution in [2.24, 2.45) is 5.10 Å². The Balaban J connectivity index is 1.78. The molecular formula is C28H31N3O5S. The van der Waals surface area contributed by atoms with Gasteiger partial charge in [-0.15, -0.1) is 0 Å². The summed E-state index contributed by atoms with van der Waals surface area (Å²) in [6.45, 7) is 7.86. The molecule has 3 aromatic rings. The van der Waals surface area contributed by atoms with Gasteiger partial charge < -0.3 is 9.47 Å². The Hall–Kier alpha value is -4.11. The summed E-state index contributed by atoms with van der Waals surface area (Å²) in [4.78, 5) is 12.9. The zero-order valence-electron chi connectivity index (χ0n) is 21.0. The molecule has 0 saturated heterocycles. The summed E-state index contributed by atoms with van der Waals surface area (Å²) >= 11 is 0. The molecule has 0 aliphatic heterocycles. The van der Waals surface area contributed by atoms with E-state index in [0.29, 0.717) is 36.0 Å². The second-order valence-corrected chi connectivity index (χ2v) is 9.74. The van der Waals surface area contributed by atoms with Gasteiger partial charge in [-0.2, -0.15) is 5.10 Å². The molecule has 0 unspecified atom stereocenters. The SMILES string of the molecule is C=CCOc1ccc(/C=N\NC(=O)CN(c2ccc(CC)cc2)S(=O)(=O)c2ccccc2)cc1OCC. The fraction of sp³-hybridized carbons (Fsp3) is 0.214. The van der Waals surface area contributed by atoms with Crippen LogP contribution in [0.4, 0.5) is 5.69 Å². The molecule has 0 atom stereocenters. The molecule has 37 heavy (non-hydrogen) atoms. The van der Waals surface area contributed by atoms with Crippen molar-refractivity contribution >= 4 is 27.8 Å². The lowest BCUT2D eigenvalue weighted by Gasteiger charge is -2.24. The molecule has 9 heteroatoms. The Morgan fingerprint density at radius 1 is 1.00 bits per heavy atom. The number of benzene rings is 3. The number of aryl methyl sites for hydroxylation is 1. The van der Waals surface area contributed by atoms with Gasteiger partial charge in [0.15, 0.2) is 11.5 Å². The number of anilines is 1. The highest BCUT2D eigenvalue weighted by atomic mass is 32.2. The Bertz CT molecular complexity index is 1320. The van der Waals surface area contributed by atoms with Crippen molar-refractivity contribution in [2.45, 2.75) is 25.2 Å². The number of nitrogens with zero attached hydrogens (tertiary/aromatic N) is 2. The van der Waals surface area contributed by atoms with E-state index in [9.17, 15) is 13.2 Å². The highest BCUT2D eigenvalue weighted by molar-refractivity contribution is 7.92. The van der Waals surface area contributed by atoms with Crippen LogP contribution >= 0.6 is 0 Å². The number of carbonyl (C=O) groups is 1. The van der Waals surface area contributed by atoms with Crippen LogP contribution in [0.1, 0.15) is 25.0 Å². The van der Waals surface area contributed by atoms with Gasteiger partial charge in [0.05, 0.1) is 23.4 Å². The van der Waals surface area contributed by atoms with Gasteiger partial charge in [0.2, 0.25) is 0 Å². The number of nitrogens with one attached hydrogen (secondary N) is 1. The van der Waals surface area contributed by atoms with E-state index in [2.05, 4.69) is 17.1 Å². The van der Waals surface area contributed by atoms with Crippen molar-refractivity contribution < 1.29 is 22.7 Å². The van der Waals surface area contributed by atoms with Gasteiger partial charge in [-0.1, -0.05) is 49.9 Å². The third kappa shape index (κ3) is 7.44. The maximum absolute atomic E-state index is 13.4. The second-order valence-electron chi connectivity index (χ2n) is 7.88. The molecule has 3 aromatic carbocycles. The molecule has 0 heterocycles. The summed E-state index contributed by atoms with van der Waals surface area (Å²) < 4.78 is 39.1. The number of rotatable bonds is 13. The molecule has 0 bridgehead atoms. The average molecular weight is 522 g/mol. The number of sulfonamides is 1. The van der Waals surface area contributed by atoms with Gasteiger partial charge in [0, 0.05) is 0 Å². The predicted molar refractivity (Wildman–Crippen MR) is 146 cm³/mol. The van der Waals surface area contributed by atoms with Crippen molar-refractivity contribution in [1.82, 2.24) is 5.43 Å². The van der Waals surface area contributed by atoms with Crippen LogP contribution in [0.2, 0.25) is 0 Å². The van der Waals surface area contributed by atoms with Crippen molar-refractivity contribution in [1.29, 1.82) is 0 Å². The van der Waals surface area contributed by atoms with Crippen LogP contribution in [0, 0.1) is 0 Å². The minimum atomic E-state index is -3.99. The van der Waals surface area contributed by atoms with E-state index in [-0.39, 0.29) is 4.90 Å². The molecule has 194 valence electrons. The van der Waals surface area contributed by atoms with E-state index in [1.807, 2.05) is 26.0 Å². The summed E-state index contributed by atoms with van der Waals surface area (Å²) in [5.74, 6) is 0.514. The van der Waals surface area contributed by atoms with E-state index < -0.39 is 22.5 Å². The molecule has 0 aliphatic rings. The predicted octanol–water partition coefficient (Wildman–Crippen LogP) is 4.56. The van der Waals surface area contributed by atoms with Crippen molar-refractivity contribution in [3.8, 4) is 11.5 Å².